The van der Waals surface area contributed by atoms with Gasteiger partial charge in [0, 0.05) is 52.8 Å². The van der Waals surface area contributed by atoms with Gasteiger partial charge < -0.3 is 47.4 Å². The average molecular weight is 1100 g/mol. The fourth-order valence-corrected chi connectivity index (χ4v) is 8.96. The first-order valence-electron chi connectivity index (χ1n) is 24.5. The molecular formula is C63H55ClN2O14. The summed E-state index contributed by atoms with van der Waals surface area (Å²) >= 11 is 7.30. The van der Waals surface area contributed by atoms with E-state index in [-0.39, 0.29) is 51.1 Å². The van der Waals surface area contributed by atoms with Crippen molar-refractivity contribution in [3.05, 3.63) is 203 Å². The van der Waals surface area contributed by atoms with Crippen LogP contribution in [-0.4, -0.2) is 91.4 Å². The number of anilines is 3. The fourth-order valence-electron chi connectivity index (χ4n) is 8.72. The first-order valence-corrected chi connectivity index (χ1v) is 24.9. The van der Waals surface area contributed by atoms with Gasteiger partial charge in [0.2, 0.25) is 5.60 Å². The van der Waals surface area contributed by atoms with Crippen molar-refractivity contribution in [1.82, 2.24) is 0 Å². The Hall–Kier alpha value is -9.85. The van der Waals surface area contributed by atoms with E-state index in [0.29, 0.717) is 63.2 Å². The highest BCUT2D eigenvalue weighted by Gasteiger charge is 2.52. The summed E-state index contributed by atoms with van der Waals surface area (Å²) in [7, 11) is 11.6. The van der Waals surface area contributed by atoms with Crippen LogP contribution in [0.3, 0.4) is 0 Å². The highest BCUT2D eigenvalue weighted by Crippen LogP contribution is 2.46. The van der Waals surface area contributed by atoms with Gasteiger partial charge >= 0.3 is 5.97 Å². The number of methoxy groups -OCH3 is 8. The van der Waals surface area contributed by atoms with Crippen molar-refractivity contribution in [3.8, 4) is 63.6 Å². The van der Waals surface area contributed by atoms with Gasteiger partial charge in [0.1, 0.15) is 39.4 Å². The summed E-state index contributed by atoms with van der Waals surface area (Å²) in [6, 6.07) is 42.1. The van der Waals surface area contributed by atoms with Gasteiger partial charge in [-0.15, -0.1) is 11.6 Å². The molecule has 0 heterocycles. The zero-order valence-electron chi connectivity index (χ0n) is 45.2. The zero-order chi connectivity index (χ0) is 57.1. The van der Waals surface area contributed by atoms with Crippen molar-refractivity contribution >= 4 is 52.7 Å². The average Bonchev–Trinajstić information content (AvgIpc) is 3.60. The number of aldehydes is 1. The van der Waals surface area contributed by atoms with Crippen LogP contribution in [0.1, 0.15) is 49.1 Å². The maximum atomic E-state index is 14.8. The molecule has 0 saturated carbocycles. The predicted octanol–water partition coefficient (Wildman–Crippen LogP) is 11.4. The quantitative estimate of drug-likeness (QED) is 0.0247. The minimum Gasteiger partial charge on any atom is -0.496 e. The molecule has 8 rings (SSSR count). The smallest absolute Gasteiger partial charge is 0.343 e. The standard InChI is InChI=1S/C63H55ClN2O14/c1-62(64)37-50(66(44-18-14-11-15-19-44)60(69)48-34-55(75-6)57(77-8)36-52(48)72-3)58(78-9)38-63(62,39-67)80-46-29-24-41(25-30-46)21-20-40-22-27-45(28-23-40)79-61(70)42-26-31-49(53(32-42)73-4)65(43-16-12-10-13-17-43)59(68)47-33-54(74-5)56(76-7)35-51(47)71-2/h10-19,22-39H,1-9H3. The summed E-state index contributed by atoms with van der Waals surface area (Å²) in [6.45, 7) is 1.60. The van der Waals surface area contributed by atoms with Crippen molar-refractivity contribution in [2.24, 2.45) is 0 Å². The molecule has 1 aliphatic carbocycles. The van der Waals surface area contributed by atoms with E-state index in [1.807, 2.05) is 12.1 Å². The van der Waals surface area contributed by atoms with Crippen molar-refractivity contribution < 1.29 is 66.5 Å². The van der Waals surface area contributed by atoms with E-state index in [1.165, 1.54) is 84.9 Å². The number of amides is 2. The summed E-state index contributed by atoms with van der Waals surface area (Å²) in [6.07, 6.45) is 3.59. The van der Waals surface area contributed by atoms with Crippen molar-refractivity contribution in [2.45, 2.75) is 17.4 Å². The molecule has 2 atom stereocenters. The molecule has 1 aliphatic rings. The normalized spacial score (nSPS) is 15.2. The Morgan fingerprint density at radius 2 is 0.938 bits per heavy atom. The molecule has 16 nitrogen and oxygen atoms in total. The highest BCUT2D eigenvalue weighted by atomic mass is 35.5. The summed E-state index contributed by atoms with van der Waals surface area (Å²) in [5, 5.41) is 0. The zero-order valence-corrected chi connectivity index (χ0v) is 45.9. The van der Waals surface area contributed by atoms with Crippen LogP contribution in [0, 0.1) is 11.8 Å². The van der Waals surface area contributed by atoms with Gasteiger partial charge in [0.05, 0.1) is 85.0 Å². The van der Waals surface area contributed by atoms with Gasteiger partial charge in [-0.05, 0) is 104 Å². The molecule has 408 valence electrons. The van der Waals surface area contributed by atoms with Gasteiger partial charge in [-0.2, -0.15) is 0 Å². The second-order valence-electron chi connectivity index (χ2n) is 17.7. The molecule has 0 saturated heterocycles. The molecule has 2 unspecified atom stereocenters. The Kier molecular flexibility index (Phi) is 17.4. The number of alkyl halides is 1. The van der Waals surface area contributed by atoms with Gasteiger partial charge in [-0.1, -0.05) is 48.2 Å². The molecule has 17 heteroatoms. The van der Waals surface area contributed by atoms with Crippen LogP contribution < -0.4 is 52.4 Å². The minimum atomic E-state index is -1.82. The number of carbonyl (C=O) groups is 4. The van der Waals surface area contributed by atoms with Crippen LogP contribution in [0.15, 0.2) is 175 Å². The number of esters is 1. The van der Waals surface area contributed by atoms with Crippen LogP contribution in [-0.2, 0) is 9.53 Å². The van der Waals surface area contributed by atoms with Crippen LogP contribution in [0.2, 0.25) is 0 Å². The molecule has 7 aromatic rings. The predicted molar refractivity (Wildman–Crippen MR) is 302 cm³/mol. The number of para-hydroxylation sites is 2. The monoisotopic (exact) mass is 1100 g/mol. The molecule has 0 radical (unpaired) electrons. The summed E-state index contributed by atoms with van der Waals surface area (Å²) in [5.74, 6) is 7.30. The van der Waals surface area contributed by atoms with E-state index in [9.17, 15) is 19.2 Å². The third-order valence-electron chi connectivity index (χ3n) is 12.9. The van der Waals surface area contributed by atoms with Crippen LogP contribution in [0.4, 0.5) is 17.1 Å². The highest BCUT2D eigenvalue weighted by molar-refractivity contribution is 6.28. The number of rotatable bonds is 19. The Bertz CT molecular complexity index is 3560. The Morgan fingerprint density at radius 3 is 1.40 bits per heavy atom. The Morgan fingerprint density at radius 1 is 0.487 bits per heavy atom. The number of nitrogens with zero attached hydrogens (tertiary/aromatic N) is 2. The number of halogens is 1. The number of benzene rings is 7. The van der Waals surface area contributed by atoms with E-state index in [4.69, 9.17) is 59.0 Å². The van der Waals surface area contributed by atoms with Crippen molar-refractivity contribution in [2.75, 3.05) is 66.7 Å². The molecule has 0 aromatic heterocycles. The summed E-state index contributed by atoms with van der Waals surface area (Å²) < 4.78 is 57.0. The molecule has 80 heavy (non-hydrogen) atoms. The lowest BCUT2D eigenvalue weighted by atomic mass is 9.82. The second kappa shape index (κ2) is 24.6. The van der Waals surface area contributed by atoms with Crippen molar-refractivity contribution in [3.63, 3.8) is 0 Å². The van der Waals surface area contributed by atoms with Crippen LogP contribution in [0.5, 0.6) is 51.7 Å². The second-order valence-corrected chi connectivity index (χ2v) is 18.5. The van der Waals surface area contributed by atoms with E-state index >= 15 is 0 Å². The third kappa shape index (κ3) is 11.5. The lowest BCUT2D eigenvalue weighted by Crippen LogP contribution is -2.55. The van der Waals surface area contributed by atoms with E-state index in [0.717, 1.165) is 0 Å². The molecule has 0 bridgehead atoms. The lowest BCUT2D eigenvalue weighted by molar-refractivity contribution is -0.119. The van der Waals surface area contributed by atoms with Crippen LogP contribution in [0.25, 0.3) is 0 Å². The first kappa shape index (κ1) is 56.4. The number of hydrogen-bond donors (Lipinski definition) is 0. The fraction of sp³-hybridized carbons (Fsp3) is 0.175. The maximum absolute atomic E-state index is 14.8. The van der Waals surface area contributed by atoms with Gasteiger partial charge in [0.15, 0.2) is 29.3 Å². The molecule has 7 aromatic carbocycles. The van der Waals surface area contributed by atoms with E-state index in [1.54, 1.807) is 140 Å². The Labute approximate surface area is 468 Å². The lowest BCUT2D eigenvalue weighted by Gasteiger charge is -2.42. The van der Waals surface area contributed by atoms with Gasteiger partial charge in [0.25, 0.3) is 11.8 Å². The molecule has 0 fully saturated rings. The van der Waals surface area contributed by atoms with E-state index < -0.39 is 28.3 Å². The van der Waals surface area contributed by atoms with Gasteiger partial charge in [-0.25, -0.2) is 4.79 Å². The summed E-state index contributed by atoms with van der Waals surface area (Å²) in [5.41, 5.74) is 1.48. The van der Waals surface area contributed by atoms with Crippen LogP contribution >= 0.6 is 11.6 Å². The van der Waals surface area contributed by atoms with Crippen molar-refractivity contribution in [1.29, 1.82) is 0 Å². The topological polar surface area (TPSA) is 167 Å². The number of ether oxygens (including phenoxy) is 10. The summed E-state index contributed by atoms with van der Waals surface area (Å²) in [4.78, 5) is 57.3. The van der Waals surface area contributed by atoms with E-state index in [2.05, 4.69) is 11.8 Å². The minimum absolute atomic E-state index is 0.125. The number of carbonyl (C=O) groups excluding carboxylic acids is 4. The SMILES string of the molecule is COC1=CC(C=O)(Oc2ccc(C#Cc3ccc(OC(=O)c4ccc(N(C(=O)c5cc(OC)c(OC)cc5OC)c5ccccc5)c(OC)c4)cc3)cc2)C(C)(Cl)C=C1N(C(=O)c1cc(OC)c(OC)cc1OC)c1ccccc1. The van der Waals surface area contributed by atoms with Gasteiger partial charge in [-0.3, -0.25) is 24.2 Å². The third-order valence-corrected chi connectivity index (χ3v) is 13.3. The molecule has 0 N–H and O–H groups in total. The maximum Gasteiger partial charge on any atom is 0.343 e. The Balaban J connectivity index is 0.976. The molecule has 0 aliphatic heterocycles. The first-order chi connectivity index (χ1) is 38.7. The largest absolute Gasteiger partial charge is 0.496 e. The molecular weight excluding hydrogens is 1040 g/mol. The molecule has 0 spiro atoms. The number of hydrogen-bond acceptors (Lipinski definition) is 14. The molecule has 2 amide bonds.